The Labute approximate surface area is 116 Å². The number of hydrogen-bond donors (Lipinski definition) is 2. The number of nitrogen functional groups attached to an aromatic ring is 1. The van der Waals surface area contributed by atoms with E-state index in [4.69, 9.17) is 10.5 Å². The number of aromatic nitrogens is 3. The first kappa shape index (κ1) is 13.9. The Morgan fingerprint density at radius 2 is 2.20 bits per heavy atom. The number of ether oxygens (including phenoxy) is 1. The molecule has 2 heterocycles. The number of nitrogens with one attached hydrogen (secondary N) is 1. The second-order valence-electron chi connectivity index (χ2n) is 4.43. The van der Waals surface area contributed by atoms with Crippen LogP contribution in [0.1, 0.15) is 11.4 Å². The molecule has 7 heteroatoms. The van der Waals surface area contributed by atoms with Crippen molar-refractivity contribution < 1.29 is 9.53 Å². The van der Waals surface area contributed by atoms with Crippen LogP contribution in [0.25, 0.3) is 0 Å². The predicted molar refractivity (Wildman–Crippen MR) is 75.5 cm³/mol. The lowest BCUT2D eigenvalue weighted by Crippen LogP contribution is -2.20. The molecule has 0 aliphatic rings. The van der Waals surface area contributed by atoms with E-state index in [1.54, 1.807) is 16.8 Å². The summed E-state index contributed by atoms with van der Waals surface area (Å²) in [7, 11) is 1.83. The highest BCUT2D eigenvalue weighted by Gasteiger charge is 2.12. The fourth-order valence-electron chi connectivity index (χ4n) is 1.78. The smallest absolute Gasteiger partial charge is 0.262 e. The molecule has 2 aromatic rings. The van der Waals surface area contributed by atoms with Gasteiger partial charge in [-0.25, -0.2) is 4.98 Å². The van der Waals surface area contributed by atoms with Crippen molar-refractivity contribution in [1.29, 1.82) is 0 Å². The Bertz CT molecular complexity index is 618. The maximum atomic E-state index is 11.8. The third kappa shape index (κ3) is 3.05. The van der Waals surface area contributed by atoms with E-state index in [2.05, 4.69) is 15.4 Å². The standard InChI is InChI=1S/C13H17N5O2/c1-8-13(9(2)18(3)17-8)20-7-12(19)16-10-4-5-11(14)15-6-10/h4-6H,7H2,1-3H3,(H2,14,15)(H,16,19). The lowest BCUT2D eigenvalue weighted by molar-refractivity contribution is -0.118. The zero-order valence-electron chi connectivity index (χ0n) is 11.7. The number of anilines is 2. The van der Waals surface area contributed by atoms with Crippen molar-refractivity contribution in [3.05, 3.63) is 29.7 Å². The van der Waals surface area contributed by atoms with Crippen LogP contribution in [0.15, 0.2) is 18.3 Å². The number of aryl methyl sites for hydroxylation is 2. The fraction of sp³-hybridized carbons (Fsp3) is 0.308. The van der Waals surface area contributed by atoms with Crippen LogP contribution < -0.4 is 15.8 Å². The zero-order valence-corrected chi connectivity index (χ0v) is 11.7. The van der Waals surface area contributed by atoms with Crippen molar-refractivity contribution in [3.8, 4) is 5.75 Å². The molecule has 2 rings (SSSR count). The topological polar surface area (TPSA) is 95.1 Å². The summed E-state index contributed by atoms with van der Waals surface area (Å²) in [4.78, 5) is 15.7. The molecule has 3 N–H and O–H groups in total. The van der Waals surface area contributed by atoms with Crippen molar-refractivity contribution in [1.82, 2.24) is 14.8 Å². The molecule has 0 aromatic carbocycles. The van der Waals surface area contributed by atoms with E-state index < -0.39 is 0 Å². The zero-order chi connectivity index (χ0) is 14.7. The van der Waals surface area contributed by atoms with Crippen molar-refractivity contribution in [3.63, 3.8) is 0 Å². The Hall–Kier alpha value is -2.57. The van der Waals surface area contributed by atoms with Gasteiger partial charge in [-0.2, -0.15) is 5.10 Å². The Morgan fingerprint density at radius 3 is 2.75 bits per heavy atom. The number of pyridine rings is 1. The van der Waals surface area contributed by atoms with Gasteiger partial charge in [0, 0.05) is 7.05 Å². The van der Waals surface area contributed by atoms with E-state index in [1.807, 2.05) is 20.9 Å². The molecule has 0 fully saturated rings. The number of rotatable bonds is 4. The number of nitrogens with zero attached hydrogens (tertiary/aromatic N) is 3. The van der Waals surface area contributed by atoms with Crippen LogP contribution in [0, 0.1) is 13.8 Å². The molecule has 1 amide bonds. The second kappa shape index (κ2) is 5.60. The van der Waals surface area contributed by atoms with Crippen LogP contribution in [0.3, 0.4) is 0 Å². The minimum atomic E-state index is -0.265. The number of amides is 1. The van der Waals surface area contributed by atoms with Gasteiger partial charge >= 0.3 is 0 Å². The molecule has 0 radical (unpaired) electrons. The molecule has 7 nitrogen and oxygen atoms in total. The summed E-state index contributed by atoms with van der Waals surface area (Å²) in [5.74, 6) is 0.776. The first-order valence-electron chi connectivity index (χ1n) is 6.11. The third-order valence-electron chi connectivity index (χ3n) is 2.86. The van der Waals surface area contributed by atoms with E-state index in [1.165, 1.54) is 6.20 Å². The quantitative estimate of drug-likeness (QED) is 0.869. The Morgan fingerprint density at radius 1 is 1.45 bits per heavy atom. The largest absolute Gasteiger partial charge is 0.480 e. The molecule has 0 spiro atoms. The molecule has 0 unspecified atom stereocenters. The van der Waals surface area contributed by atoms with Gasteiger partial charge in [0.15, 0.2) is 12.4 Å². The van der Waals surface area contributed by atoms with Crippen LogP contribution in [-0.4, -0.2) is 27.3 Å². The highest BCUT2D eigenvalue weighted by atomic mass is 16.5. The highest BCUT2D eigenvalue weighted by Crippen LogP contribution is 2.21. The number of hydrogen-bond acceptors (Lipinski definition) is 5. The van der Waals surface area contributed by atoms with Gasteiger partial charge in [0.05, 0.1) is 17.6 Å². The fourth-order valence-corrected chi connectivity index (χ4v) is 1.78. The molecule has 2 aromatic heterocycles. The molecule has 0 bridgehead atoms. The van der Waals surface area contributed by atoms with E-state index in [0.717, 1.165) is 11.4 Å². The lowest BCUT2D eigenvalue weighted by Gasteiger charge is -2.07. The molecule has 0 atom stereocenters. The Kier molecular flexibility index (Phi) is 3.88. The summed E-state index contributed by atoms with van der Waals surface area (Å²) >= 11 is 0. The van der Waals surface area contributed by atoms with E-state index in [-0.39, 0.29) is 12.5 Å². The van der Waals surface area contributed by atoms with Crippen LogP contribution in [-0.2, 0) is 11.8 Å². The van der Waals surface area contributed by atoms with Crippen LogP contribution in [0.2, 0.25) is 0 Å². The van der Waals surface area contributed by atoms with Crippen molar-refractivity contribution in [2.45, 2.75) is 13.8 Å². The predicted octanol–water partition coefficient (Wildman–Crippen LogP) is 1.03. The molecule has 0 aliphatic carbocycles. The van der Waals surface area contributed by atoms with Crippen LogP contribution >= 0.6 is 0 Å². The monoisotopic (exact) mass is 275 g/mol. The summed E-state index contributed by atoms with van der Waals surface area (Å²) < 4.78 is 7.22. The molecule has 0 aliphatic heterocycles. The van der Waals surface area contributed by atoms with Gasteiger partial charge in [0.1, 0.15) is 11.5 Å². The van der Waals surface area contributed by atoms with E-state index in [0.29, 0.717) is 17.3 Å². The second-order valence-corrected chi connectivity index (χ2v) is 4.43. The summed E-state index contributed by atoms with van der Waals surface area (Å²) in [5, 5.41) is 6.89. The normalized spacial score (nSPS) is 10.3. The third-order valence-corrected chi connectivity index (χ3v) is 2.86. The lowest BCUT2D eigenvalue weighted by atomic mass is 10.3. The first-order valence-corrected chi connectivity index (χ1v) is 6.11. The summed E-state index contributed by atoms with van der Waals surface area (Å²) in [6.07, 6.45) is 1.49. The van der Waals surface area contributed by atoms with Gasteiger partial charge < -0.3 is 15.8 Å². The molecule has 20 heavy (non-hydrogen) atoms. The van der Waals surface area contributed by atoms with Crippen molar-refractivity contribution in [2.75, 3.05) is 17.7 Å². The van der Waals surface area contributed by atoms with Gasteiger partial charge in [-0.3, -0.25) is 9.48 Å². The maximum Gasteiger partial charge on any atom is 0.262 e. The summed E-state index contributed by atoms with van der Waals surface area (Å²) in [6, 6.07) is 3.30. The van der Waals surface area contributed by atoms with E-state index >= 15 is 0 Å². The molecule has 0 saturated carbocycles. The number of carbonyl (C=O) groups excluding carboxylic acids is 1. The van der Waals surface area contributed by atoms with E-state index in [9.17, 15) is 4.79 Å². The van der Waals surface area contributed by atoms with Crippen molar-refractivity contribution in [2.24, 2.45) is 7.05 Å². The van der Waals surface area contributed by atoms with Gasteiger partial charge in [0.25, 0.3) is 5.91 Å². The summed E-state index contributed by atoms with van der Waals surface area (Å²) in [6.45, 7) is 3.64. The minimum Gasteiger partial charge on any atom is -0.480 e. The van der Waals surface area contributed by atoms with Crippen LogP contribution in [0.5, 0.6) is 5.75 Å². The summed E-state index contributed by atoms with van der Waals surface area (Å²) in [5.41, 5.74) is 7.68. The minimum absolute atomic E-state index is 0.0856. The molecular weight excluding hydrogens is 258 g/mol. The molecular formula is C13H17N5O2. The Balaban J connectivity index is 1.94. The molecule has 106 valence electrons. The van der Waals surface area contributed by atoms with Crippen molar-refractivity contribution >= 4 is 17.4 Å². The average Bonchev–Trinajstić information content (AvgIpc) is 2.64. The first-order chi connectivity index (χ1) is 9.47. The maximum absolute atomic E-state index is 11.8. The SMILES string of the molecule is Cc1nn(C)c(C)c1OCC(=O)Nc1ccc(N)nc1. The van der Waals surface area contributed by atoms with Gasteiger partial charge in [0.2, 0.25) is 0 Å². The van der Waals surface area contributed by atoms with Crippen LogP contribution in [0.4, 0.5) is 11.5 Å². The van der Waals surface area contributed by atoms with Gasteiger partial charge in [-0.05, 0) is 26.0 Å². The number of carbonyl (C=O) groups is 1. The highest BCUT2D eigenvalue weighted by molar-refractivity contribution is 5.91. The van der Waals surface area contributed by atoms with Gasteiger partial charge in [-0.15, -0.1) is 0 Å². The average molecular weight is 275 g/mol. The number of nitrogens with two attached hydrogens (primary N) is 1. The molecule has 0 saturated heterocycles. The van der Waals surface area contributed by atoms with Gasteiger partial charge in [-0.1, -0.05) is 0 Å².